The Kier molecular flexibility index (Phi) is 6.23. The zero-order valence-electron chi connectivity index (χ0n) is 12.2. The second-order valence-electron chi connectivity index (χ2n) is 5.04. The molecule has 0 spiro atoms. The van der Waals surface area contributed by atoms with E-state index in [0.717, 1.165) is 10.2 Å². The van der Waals surface area contributed by atoms with E-state index < -0.39 is 6.10 Å². The van der Waals surface area contributed by atoms with E-state index in [1.54, 1.807) is 11.3 Å². The number of thiophene rings is 1. The summed E-state index contributed by atoms with van der Waals surface area (Å²) in [6.45, 7) is 4.89. The van der Waals surface area contributed by atoms with Gasteiger partial charge in [0.1, 0.15) is 18.5 Å². The third-order valence-electron chi connectivity index (χ3n) is 3.15. The van der Waals surface area contributed by atoms with Crippen LogP contribution in [0.25, 0.3) is 0 Å². The second kappa shape index (κ2) is 7.94. The first-order chi connectivity index (χ1) is 10.1. The molecule has 2 aromatic rings. The summed E-state index contributed by atoms with van der Waals surface area (Å²) in [4.78, 5) is 1.27. The Morgan fingerprint density at radius 3 is 2.86 bits per heavy atom. The molecule has 0 bridgehead atoms. The van der Waals surface area contributed by atoms with Crippen LogP contribution in [0.4, 0.5) is 0 Å². The van der Waals surface area contributed by atoms with Gasteiger partial charge in [0.25, 0.3) is 0 Å². The van der Waals surface area contributed by atoms with Crippen molar-refractivity contribution >= 4 is 27.3 Å². The van der Waals surface area contributed by atoms with Crippen molar-refractivity contribution in [2.24, 2.45) is 0 Å². The molecule has 3 nitrogen and oxygen atoms in total. The van der Waals surface area contributed by atoms with Crippen LogP contribution in [0.1, 0.15) is 23.4 Å². The fourth-order valence-electron chi connectivity index (χ4n) is 1.92. The lowest BCUT2D eigenvalue weighted by atomic mass is 10.2. The normalized spacial score (nSPS) is 13.9. The molecule has 0 aliphatic carbocycles. The van der Waals surface area contributed by atoms with Crippen molar-refractivity contribution in [2.45, 2.75) is 26.0 Å². The van der Waals surface area contributed by atoms with Crippen molar-refractivity contribution in [3.05, 3.63) is 50.6 Å². The number of hydrogen-bond donors (Lipinski definition) is 2. The first kappa shape index (κ1) is 16.5. The molecule has 0 fully saturated rings. The molecule has 2 N–H and O–H groups in total. The molecule has 114 valence electrons. The van der Waals surface area contributed by atoms with Gasteiger partial charge in [-0.15, -0.1) is 11.3 Å². The molecule has 0 amide bonds. The predicted octanol–water partition coefficient (Wildman–Crippen LogP) is 3.91. The number of nitrogens with one attached hydrogen (secondary N) is 1. The number of ether oxygens (including phenoxy) is 1. The van der Waals surface area contributed by atoms with E-state index in [0.29, 0.717) is 6.54 Å². The summed E-state index contributed by atoms with van der Waals surface area (Å²) in [5, 5.41) is 15.4. The summed E-state index contributed by atoms with van der Waals surface area (Å²) in [6, 6.07) is 10.3. The average Bonchev–Trinajstić information content (AvgIpc) is 2.98. The lowest BCUT2D eigenvalue weighted by molar-refractivity contribution is 0.104. The molecular formula is C16H20BrNO2S. The zero-order valence-corrected chi connectivity index (χ0v) is 14.6. The smallest absolute Gasteiger partial charge is 0.133 e. The predicted molar refractivity (Wildman–Crippen MR) is 91.1 cm³/mol. The van der Waals surface area contributed by atoms with Gasteiger partial charge in [-0.25, -0.2) is 0 Å². The Labute approximate surface area is 138 Å². The van der Waals surface area contributed by atoms with Crippen LogP contribution in [0, 0.1) is 6.92 Å². The Morgan fingerprint density at radius 2 is 2.19 bits per heavy atom. The topological polar surface area (TPSA) is 41.5 Å². The minimum absolute atomic E-state index is 0.241. The van der Waals surface area contributed by atoms with Crippen molar-refractivity contribution in [3.8, 4) is 5.75 Å². The molecular weight excluding hydrogens is 350 g/mol. The van der Waals surface area contributed by atoms with Gasteiger partial charge >= 0.3 is 0 Å². The van der Waals surface area contributed by atoms with E-state index in [9.17, 15) is 5.11 Å². The van der Waals surface area contributed by atoms with Gasteiger partial charge < -0.3 is 15.2 Å². The van der Waals surface area contributed by atoms with Gasteiger partial charge in [0.15, 0.2) is 0 Å². The standard InChI is InChI=1S/C16H20BrNO2S/c1-11-5-6-15(14(17)8-11)20-10-13(19)9-18-12(2)16-4-3-7-21-16/h3-8,12-13,18-19H,9-10H2,1-2H3/t12-,13?/m1/s1. The summed E-state index contributed by atoms with van der Waals surface area (Å²) >= 11 is 5.18. The first-order valence-corrected chi connectivity index (χ1v) is 8.57. The maximum atomic E-state index is 10.0. The summed E-state index contributed by atoms with van der Waals surface area (Å²) in [6.07, 6.45) is -0.541. The van der Waals surface area contributed by atoms with E-state index in [1.165, 1.54) is 10.4 Å². The molecule has 1 aromatic heterocycles. The summed E-state index contributed by atoms with van der Waals surface area (Å²) in [5.74, 6) is 0.756. The molecule has 2 atom stereocenters. The van der Waals surface area contributed by atoms with Crippen LogP contribution in [0.3, 0.4) is 0 Å². The molecule has 0 aliphatic heterocycles. The van der Waals surface area contributed by atoms with Crippen LogP contribution >= 0.6 is 27.3 Å². The number of aliphatic hydroxyl groups excluding tert-OH is 1. The summed E-state index contributed by atoms with van der Waals surface area (Å²) in [7, 11) is 0. The molecule has 1 heterocycles. The van der Waals surface area contributed by atoms with Crippen LogP contribution in [0.15, 0.2) is 40.2 Å². The van der Waals surface area contributed by atoms with Gasteiger partial charge in [-0.1, -0.05) is 12.1 Å². The van der Waals surface area contributed by atoms with Gasteiger partial charge in [-0.05, 0) is 58.9 Å². The molecule has 21 heavy (non-hydrogen) atoms. The van der Waals surface area contributed by atoms with Crippen molar-refractivity contribution in [3.63, 3.8) is 0 Å². The molecule has 5 heteroatoms. The number of halogens is 1. The van der Waals surface area contributed by atoms with E-state index in [4.69, 9.17) is 4.74 Å². The highest BCUT2D eigenvalue weighted by Crippen LogP contribution is 2.25. The highest BCUT2D eigenvalue weighted by molar-refractivity contribution is 9.10. The van der Waals surface area contributed by atoms with Crippen molar-refractivity contribution in [1.82, 2.24) is 5.32 Å². The average molecular weight is 370 g/mol. The van der Waals surface area contributed by atoms with E-state index in [1.807, 2.05) is 31.2 Å². The van der Waals surface area contributed by atoms with Gasteiger partial charge in [-0.2, -0.15) is 0 Å². The van der Waals surface area contributed by atoms with Crippen molar-refractivity contribution in [2.75, 3.05) is 13.2 Å². The number of aliphatic hydroxyl groups is 1. The van der Waals surface area contributed by atoms with Gasteiger partial charge in [0.2, 0.25) is 0 Å². The monoisotopic (exact) mass is 369 g/mol. The van der Waals surface area contributed by atoms with Gasteiger partial charge in [-0.3, -0.25) is 0 Å². The Hall–Kier alpha value is -0.880. The van der Waals surface area contributed by atoms with Crippen LogP contribution in [0.2, 0.25) is 0 Å². The van der Waals surface area contributed by atoms with Crippen LogP contribution < -0.4 is 10.1 Å². The van der Waals surface area contributed by atoms with Crippen molar-refractivity contribution in [1.29, 1.82) is 0 Å². The maximum Gasteiger partial charge on any atom is 0.133 e. The lowest BCUT2D eigenvalue weighted by Gasteiger charge is -2.17. The first-order valence-electron chi connectivity index (χ1n) is 6.90. The lowest BCUT2D eigenvalue weighted by Crippen LogP contribution is -2.32. The second-order valence-corrected chi connectivity index (χ2v) is 6.88. The minimum atomic E-state index is -0.541. The molecule has 0 radical (unpaired) electrons. The van der Waals surface area contributed by atoms with Crippen LogP contribution in [0.5, 0.6) is 5.75 Å². The fourth-order valence-corrected chi connectivity index (χ4v) is 3.29. The van der Waals surface area contributed by atoms with E-state index in [2.05, 4.69) is 39.6 Å². The van der Waals surface area contributed by atoms with Gasteiger partial charge in [0, 0.05) is 17.5 Å². The minimum Gasteiger partial charge on any atom is -0.490 e. The maximum absolute atomic E-state index is 10.0. The summed E-state index contributed by atoms with van der Waals surface area (Å²) < 4.78 is 6.55. The van der Waals surface area contributed by atoms with Crippen molar-refractivity contribution < 1.29 is 9.84 Å². The number of aryl methyl sites for hydroxylation is 1. The molecule has 1 unspecified atom stereocenters. The molecule has 1 aromatic carbocycles. The fraction of sp³-hybridized carbons (Fsp3) is 0.375. The number of hydrogen-bond acceptors (Lipinski definition) is 4. The van der Waals surface area contributed by atoms with Crippen LogP contribution in [-0.4, -0.2) is 24.4 Å². The van der Waals surface area contributed by atoms with E-state index in [-0.39, 0.29) is 12.6 Å². The largest absolute Gasteiger partial charge is 0.490 e. The Bertz CT molecular complexity index is 559. The quantitative estimate of drug-likeness (QED) is 0.777. The molecule has 0 saturated carbocycles. The zero-order chi connectivity index (χ0) is 15.2. The third-order valence-corrected chi connectivity index (χ3v) is 4.82. The van der Waals surface area contributed by atoms with Crippen LogP contribution in [-0.2, 0) is 0 Å². The number of benzene rings is 1. The Morgan fingerprint density at radius 1 is 1.38 bits per heavy atom. The molecule has 0 aliphatic rings. The highest BCUT2D eigenvalue weighted by atomic mass is 79.9. The molecule has 2 rings (SSSR count). The number of rotatable bonds is 7. The highest BCUT2D eigenvalue weighted by Gasteiger charge is 2.11. The SMILES string of the molecule is Cc1ccc(OCC(O)CN[C@H](C)c2cccs2)c(Br)c1. The third kappa shape index (κ3) is 5.11. The summed E-state index contributed by atoms with van der Waals surface area (Å²) in [5.41, 5.74) is 1.17. The Balaban J connectivity index is 1.75. The van der Waals surface area contributed by atoms with E-state index >= 15 is 0 Å². The molecule has 0 saturated heterocycles. The van der Waals surface area contributed by atoms with Gasteiger partial charge in [0.05, 0.1) is 4.47 Å².